The molecule has 0 radical (unpaired) electrons. The van der Waals surface area contributed by atoms with E-state index >= 15 is 0 Å². The molecule has 0 amide bonds. The van der Waals surface area contributed by atoms with Crippen LogP contribution in [-0.2, 0) is 23.0 Å². The van der Waals surface area contributed by atoms with Crippen LogP contribution in [0.5, 0.6) is 0 Å². The van der Waals surface area contributed by atoms with Crippen molar-refractivity contribution in [3.63, 3.8) is 0 Å². The van der Waals surface area contributed by atoms with Gasteiger partial charge in [0.15, 0.2) is 0 Å². The first-order valence-electron chi connectivity index (χ1n) is 12.4. The molecule has 2 aromatic carbocycles. The van der Waals surface area contributed by atoms with Crippen LogP contribution in [0.4, 0.5) is 0 Å². The Morgan fingerprint density at radius 3 is 2.26 bits per heavy atom. The fourth-order valence-electron chi connectivity index (χ4n) is 4.01. The van der Waals surface area contributed by atoms with Crippen LogP contribution in [0.1, 0.15) is 87.0 Å². The molecular formula is C30H39NO3. The first-order chi connectivity index (χ1) is 16.4. The molecule has 1 saturated carbocycles. The minimum atomic E-state index is 0.107. The van der Waals surface area contributed by atoms with E-state index in [1.807, 2.05) is 32.0 Å². The van der Waals surface area contributed by atoms with Crippen LogP contribution in [0, 0.1) is 0 Å². The van der Waals surface area contributed by atoms with E-state index in [-0.39, 0.29) is 5.41 Å². The minimum Gasteiger partial charge on any atom is -0.469 e. The largest absolute Gasteiger partial charge is 0.469 e. The molecule has 4 heteroatoms. The quantitative estimate of drug-likeness (QED) is 0.214. The number of ether oxygens (including phenoxy) is 1. The molecular weight excluding hydrogens is 422 g/mol. The number of hydrogen-bond acceptors (Lipinski definition) is 4. The van der Waals surface area contributed by atoms with Crippen LogP contribution in [-0.4, -0.2) is 24.1 Å². The highest BCUT2D eigenvalue weighted by Gasteiger charge is 2.29. The summed E-state index contributed by atoms with van der Waals surface area (Å²) in [6.45, 7) is 12.4. The monoisotopic (exact) mass is 461 g/mol. The van der Waals surface area contributed by atoms with Gasteiger partial charge in [0.05, 0.1) is 12.0 Å². The van der Waals surface area contributed by atoms with Gasteiger partial charge in [-0.1, -0.05) is 74.5 Å². The number of benzene rings is 2. The van der Waals surface area contributed by atoms with Crippen LogP contribution < -0.4 is 0 Å². The van der Waals surface area contributed by atoms with E-state index in [4.69, 9.17) is 9.15 Å². The molecule has 3 aromatic rings. The zero-order valence-corrected chi connectivity index (χ0v) is 21.3. The van der Waals surface area contributed by atoms with Crippen LogP contribution >= 0.6 is 0 Å². The fourth-order valence-corrected chi connectivity index (χ4v) is 4.01. The Balaban J connectivity index is 0.000000588. The van der Waals surface area contributed by atoms with E-state index in [1.165, 1.54) is 29.5 Å². The molecule has 0 unspecified atom stereocenters. The Kier molecular flexibility index (Phi) is 9.12. The average molecular weight is 462 g/mol. The summed E-state index contributed by atoms with van der Waals surface area (Å²) >= 11 is 0. The van der Waals surface area contributed by atoms with Crippen molar-refractivity contribution in [3.05, 3.63) is 94.4 Å². The molecule has 1 aliphatic carbocycles. The molecule has 1 fully saturated rings. The number of rotatable bonds is 8. The molecule has 1 N–H and O–H groups in total. The van der Waals surface area contributed by atoms with E-state index < -0.39 is 0 Å². The van der Waals surface area contributed by atoms with Gasteiger partial charge in [0.1, 0.15) is 5.76 Å². The predicted molar refractivity (Wildman–Crippen MR) is 139 cm³/mol. The Bertz CT molecular complexity index is 1050. The Morgan fingerprint density at radius 2 is 1.71 bits per heavy atom. The third kappa shape index (κ3) is 7.33. The van der Waals surface area contributed by atoms with Gasteiger partial charge in [-0.3, -0.25) is 0 Å². The molecule has 4 rings (SSSR count). The zero-order valence-electron chi connectivity index (χ0n) is 21.3. The Labute approximate surface area is 204 Å². The van der Waals surface area contributed by atoms with E-state index in [0.29, 0.717) is 18.1 Å². The van der Waals surface area contributed by atoms with Gasteiger partial charge in [0.25, 0.3) is 0 Å². The lowest BCUT2D eigenvalue weighted by atomic mass is 9.83. The van der Waals surface area contributed by atoms with Gasteiger partial charge in [-0.25, -0.2) is 0 Å². The molecule has 1 aliphatic rings. The summed E-state index contributed by atoms with van der Waals surface area (Å²) in [5.74, 6) is 1.51. The van der Waals surface area contributed by atoms with E-state index in [2.05, 4.69) is 62.3 Å². The molecule has 1 heterocycles. The number of nitrogens with zero attached hydrogens (tertiary/aromatic N) is 1. The first-order valence-corrected chi connectivity index (χ1v) is 12.4. The van der Waals surface area contributed by atoms with E-state index in [0.717, 1.165) is 36.5 Å². The smallest absolute Gasteiger partial charge is 0.108 e. The van der Waals surface area contributed by atoms with Crippen LogP contribution in [0.15, 0.2) is 70.4 Å². The summed E-state index contributed by atoms with van der Waals surface area (Å²) in [7, 11) is 0. The number of hydrogen-bond donors (Lipinski definition) is 1. The van der Waals surface area contributed by atoms with Gasteiger partial charge in [0.2, 0.25) is 0 Å². The maximum atomic E-state index is 9.80. The second kappa shape index (κ2) is 12.0. The molecule has 4 nitrogen and oxygen atoms in total. The van der Waals surface area contributed by atoms with Crippen molar-refractivity contribution in [2.24, 2.45) is 5.16 Å². The average Bonchev–Trinajstić information content (AvgIpc) is 3.58. The van der Waals surface area contributed by atoms with Crippen molar-refractivity contribution in [2.75, 3.05) is 13.2 Å². The summed E-state index contributed by atoms with van der Waals surface area (Å²) in [4.78, 5) is 0. The molecule has 0 bridgehead atoms. The lowest BCUT2D eigenvalue weighted by Crippen LogP contribution is -2.14. The van der Waals surface area contributed by atoms with Crippen LogP contribution in [0.2, 0.25) is 0 Å². The first kappa shape index (κ1) is 25.8. The standard InChI is InChI=1S/C26H29NO2.C4H10O/c1-26(2,3)21-11-12-23(24(16-21)20-9-10-20)25(27-28)15-19-14-22(29-17-19)13-18-7-5-4-6-8-18;1-3-5-4-2/h4-8,11-12,14,16-17,20,28H,9-10,13,15H2,1-3H3;3-4H2,1-2H3/b27-25+;. The van der Waals surface area contributed by atoms with Crippen molar-refractivity contribution >= 4 is 5.71 Å². The lowest BCUT2D eigenvalue weighted by molar-refractivity contribution is 0.162. The summed E-state index contributed by atoms with van der Waals surface area (Å²) < 4.78 is 10.6. The number of oxime groups is 1. The second-order valence-electron chi connectivity index (χ2n) is 9.91. The lowest BCUT2D eigenvalue weighted by Gasteiger charge is -2.21. The molecule has 0 spiro atoms. The summed E-state index contributed by atoms with van der Waals surface area (Å²) in [6, 6.07) is 19.0. The molecule has 0 atom stereocenters. The fraction of sp³-hybridized carbons (Fsp3) is 0.433. The second-order valence-corrected chi connectivity index (χ2v) is 9.91. The maximum Gasteiger partial charge on any atom is 0.108 e. The third-order valence-electron chi connectivity index (χ3n) is 6.08. The zero-order chi connectivity index (χ0) is 24.6. The Hall–Kier alpha value is -2.85. The minimum absolute atomic E-state index is 0.107. The van der Waals surface area contributed by atoms with Crippen molar-refractivity contribution in [1.82, 2.24) is 0 Å². The van der Waals surface area contributed by atoms with Gasteiger partial charge < -0.3 is 14.4 Å². The number of furan rings is 1. The van der Waals surface area contributed by atoms with Crippen LogP contribution in [0.25, 0.3) is 0 Å². The molecule has 1 aromatic heterocycles. The summed E-state index contributed by atoms with van der Waals surface area (Å²) in [5.41, 5.74) is 6.78. The summed E-state index contributed by atoms with van der Waals surface area (Å²) in [5, 5.41) is 13.5. The molecule has 34 heavy (non-hydrogen) atoms. The summed E-state index contributed by atoms with van der Waals surface area (Å²) in [6.07, 6.45) is 5.53. The van der Waals surface area contributed by atoms with Gasteiger partial charge in [0, 0.05) is 31.6 Å². The topological polar surface area (TPSA) is 55.0 Å². The molecule has 0 aliphatic heterocycles. The van der Waals surface area contributed by atoms with Gasteiger partial charge in [-0.05, 0) is 66.3 Å². The van der Waals surface area contributed by atoms with Gasteiger partial charge in [-0.2, -0.15) is 0 Å². The van der Waals surface area contributed by atoms with Crippen molar-refractivity contribution < 1.29 is 14.4 Å². The van der Waals surface area contributed by atoms with Crippen molar-refractivity contribution in [2.45, 2.75) is 71.6 Å². The normalized spacial score (nSPS) is 14.0. The van der Waals surface area contributed by atoms with E-state index in [9.17, 15) is 5.21 Å². The highest BCUT2D eigenvalue weighted by atomic mass is 16.5. The highest BCUT2D eigenvalue weighted by Crippen LogP contribution is 2.43. The maximum absolute atomic E-state index is 9.80. The van der Waals surface area contributed by atoms with Crippen molar-refractivity contribution in [1.29, 1.82) is 0 Å². The molecule has 0 saturated heterocycles. The van der Waals surface area contributed by atoms with Gasteiger partial charge >= 0.3 is 0 Å². The molecule has 182 valence electrons. The predicted octanol–water partition coefficient (Wildman–Crippen LogP) is 7.51. The highest BCUT2D eigenvalue weighted by molar-refractivity contribution is 6.03. The van der Waals surface area contributed by atoms with E-state index in [1.54, 1.807) is 6.26 Å². The van der Waals surface area contributed by atoms with Gasteiger partial charge in [-0.15, -0.1) is 0 Å². The van der Waals surface area contributed by atoms with Crippen molar-refractivity contribution in [3.8, 4) is 0 Å². The third-order valence-corrected chi connectivity index (χ3v) is 6.08. The Morgan fingerprint density at radius 1 is 1.00 bits per heavy atom. The SMILES string of the molecule is CC(C)(C)c1ccc(/C(Cc2coc(Cc3ccccc3)c2)=N/O)c(C2CC2)c1.CCOCC. The van der Waals surface area contributed by atoms with Crippen LogP contribution in [0.3, 0.4) is 0 Å².